The molecule has 0 heterocycles. The quantitative estimate of drug-likeness (QED) is 0.513. The molecule has 6 heteroatoms. The number of unbranched alkanes of at least 4 members (excludes halogenated alkanes) is 1. The highest BCUT2D eigenvalue weighted by Crippen LogP contribution is 2.20. The van der Waals surface area contributed by atoms with Gasteiger partial charge in [0.05, 0.1) is 6.61 Å². The van der Waals surface area contributed by atoms with Gasteiger partial charge in [-0.2, -0.15) is 0 Å². The Kier molecular flexibility index (Phi) is 5.99. The zero-order chi connectivity index (χ0) is 15.1. The Hall–Kier alpha value is -2.08. The first-order valence-electron chi connectivity index (χ1n) is 6.43. The summed E-state index contributed by atoms with van der Waals surface area (Å²) in [4.78, 5) is 22.5. The monoisotopic (exact) mass is 281 g/mol. The van der Waals surface area contributed by atoms with E-state index in [1.54, 1.807) is 0 Å². The molecule has 0 aliphatic rings. The third-order valence-corrected chi connectivity index (χ3v) is 2.78. The molecule has 1 aromatic rings. The predicted octanol–water partition coefficient (Wildman–Crippen LogP) is 1.30. The fraction of sp³-hybridized carbons (Fsp3) is 0.429. The summed E-state index contributed by atoms with van der Waals surface area (Å²) in [6.07, 6.45) is 1.72. The van der Waals surface area contributed by atoms with Crippen LogP contribution in [0.4, 0.5) is 0 Å². The lowest BCUT2D eigenvalue weighted by atomic mass is 10.0. The van der Waals surface area contributed by atoms with Gasteiger partial charge in [-0.05, 0) is 30.5 Å². The fourth-order valence-electron chi connectivity index (χ4n) is 1.60. The largest absolute Gasteiger partial charge is 0.507 e. The molecule has 0 spiro atoms. The van der Waals surface area contributed by atoms with Gasteiger partial charge in [0.25, 0.3) is 0 Å². The molecule has 0 saturated heterocycles. The van der Waals surface area contributed by atoms with E-state index < -0.39 is 18.0 Å². The molecule has 1 aromatic carbocycles. The second-order valence-corrected chi connectivity index (χ2v) is 4.49. The van der Waals surface area contributed by atoms with Gasteiger partial charge in [0.2, 0.25) is 0 Å². The minimum Gasteiger partial charge on any atom is -0.507 e. The first kappa shape index (κ1) is 16.0. The van der Waals surface area contributed by atoms with Gasteiger partial charge in [0.1, 0.15) is 17.4 Å². The van der Waals surface area contributed by atoms with Gasteiger partial charge in [0, 0.05) is 0 Å². The Balaban J connectivity index is 2.80. The summed E-state index contributed by atoms with van der Waals surface area (Å²) in [5.41, 5.74) is 6.01. The Labute approximate surface area is 117 Å². The number of hydrogen-bond donors (Lipinski definition) is 3. The molecule has 0 unspecified atom stereocenters. The number of phenols is 1. The molecule has 4 N–H and O–H groups in total. The first-order chi connectivity index (χ1) is 9.45. The highest BCUT2D eigenvalue weighted by Gasteiger charge is 2.16. The third-order valence-electron chi connectivity index (χ3n) is 2.78. The molecule has 0 radical (unpaired) electrons. The highest BCUT2D eigenvalue weighted by atomic mass is 16.5. The molecule has 1 atom stereocenters. The summed E-state index contributed by atoms with van der Waals surface area (Å²) in [5, 5.41) is 18.4. The lowest BCUT2D eigenvalue weighted by Gasteiger charge is -2.10. The van der Waals surface area contributed by atoms with E-state index in [2.05, 4.69) is 0 Å². The minimum absolute atomic E-state index is 0.0243. The van der Waals surface area contributed by atoms with Crippen LogP contribution >= 0.6 is 0 Å². The number of benzene rings is 1. The lowest BCUT2D eigenvalue weighted by molar-refractivity contribution is -0.138. The minimum atomic E-state index is -1.12. The van der Waals surface area contributed by atoms with Crippen LogP contribution in [0.2, 0.25) is 0 Å². The van der Waals surface area contributed by atoms with Crippen molar-refractivity contribution in [1.29, 1.82) is 0 Å². The number of aromatic hydroxyl groups is 1. The molecule has 20 heavy (non-hydrogen) atoms. The number of carboxylic acid groups (broad SMARTS) is 1. The summed E-state index contributed by atoms with van der Waals surface area (Å²) in [5.74, 6) is -1.94. The second-order valence-electron chi connectivity index (χ2n) is 4.49. The summed E-state index contributed by atoms with van der Waals surface area (Å²) in [7, 11) is 0. The molecule has 0 bridgehead atoms. The Bertz CT molecular complexity index is 486. The predicted molar refractivity (Wildman–Crippen MR) is 72.6 cm³/mol. The number of aliphatic carboxylic acids is 1. The van der Waals surface area contributed by atoms with E-state index in [4.69, 9.17) is 15.6 Å². The van der Waals surface area contributed by atoms with Crippen LogP contribution in [0.15, 0.2) is 18.2 Å². The van der Waals surface area contributed by atoms with Crippen molar-refractivity contribution in [3.63, 3.8) is 0 Å². The van der Waals surface area contributed by atoms with Gasteiger partial charge < -0.3 is 20.7 Å². The number of ether oxygens (including phenoxy) is 1. The number of hydrogen-bond acceptors (Lipinski definition) is 5. The molecule has 0 aliphatic heterocycles. The molecular weight excluding hydrogens is 262 g/mol. The average Bonchev–Trinajstić information content (AvgIpc) is 2.40. The fourth-order valence-corrected chi connectivity index (χ4v) is 1.60. The van der Waals surface area contributed by atoms with Gasteiger partial charge in [-0.1, -0.05) is 19.4 Å². The van der Waals surface area contributed by atoms with E-state index in [1.165, 1.54) is 18.2 Å². The van der Waals surface area contributed by atoms with Crippen LogP contribution in [0.3, 0.4) is 0 Å². The van der Waals surface area contributed by atoms with E-state index in [1.807, 2.05) is 6.92 Å². The van der Waals surface area contributed by atoms with E-state index in [0.29, 0.717) is 5.56 Å². The van der Waals surface area contributed by atoms with Crippen LogP contribution in [-0.4, -0.2) is 34.8 Å². The molecular formula is C14H19NO5. The number of phenolic OH excluding ortho intramolecular Hbond substituents is 1. The standard InChI is InChI=1S/C14H19NO5/c1-2-3-6-20-14(19)10-7-9(4-5-12(10)16)8-11(15)13(17)18/h4-5,7,11,16H,2-3,6,8,15H2,1H3,(H,17,18)/t11-/m0/s1. The van der Waals surface area contributed by atoms with E-state index in [9.17, 15) is 14.7 Å². The number of nitrogens with two attached hydrogens (primary N) is 1. The maximum Gasteiger partial charge on any atom is 0.341 e. The third kappa shape index (κ3) is 4.55. The van der Waals surface area contributed by atoms with Crippen LogP contribution in [-0.2, 0) is 16.0 Å². The molecule has 0 aliphatic carbocycles. The molecule has 0 fully saturated rings. The summed E-state index contributed by atoms with van der Waals surface area (Å²) in [6.45, 7) is 2.26. The van der Waals surface area contributed by atoms with Crippen molar-refractivity contribution < 1.29 is 24.5 Å². The van der Waals surface area contributed by atoms with Crippen LogP contribution in [0.5, 0.6) is 5.75 Å². The van der Waals surface area contributed by atoms with Crippen molar-refractivity contribution in [1.82, 2.24) is 0 Å². The summed E-state index contributed by atoms with van der Waals surface area (Å²) >= 11 is 0. The van der Waals surface area contributed by atoms with Gasteiger partial charge in [0.15, 0.2) is 0 Å². The Morgan fingerprint density at radius 3 is 2.70 bits per heavy atom. The maximum absolute atomic E-state index is 11.8. The van der Waals surface area contributed by atoms with Gasteiger partial charge in [-0.3, -0.25) is 4.79 Å². The average molecular weight is 281 g/mol. The Morgan fingerprint density at radius 1 is 1.40 bits per heavy atom. The van der Waals surface area contributed by atoms with Crippen molar-refractivity contribution in [3.05, 3.63) is 29.3 Å². The zero-order valence-electron chi connectivity index (χ0n) is 11.3. The van der Waals surface area contributed by atoms with Crippen molar-refractivity contribution in [2.75, 3.05) is 6.61 Å². The van der Waals surface area contributed by atoms with E-state index in [-0.39, 0.29) is 24.3 Å². The van der Waals surface area contributed by atoms with Crippen LogP contribution < -0.4 is 5.73 Å². The van der Waals surface area contributed by atoms with E-state index >= 15 is 0 Å². The Morgan fingerprint density at radius 2 is 2.10 bits per heavy atom. The number of esters is 1. The van der Waals surface area contributed by atoms with Crippen LogP contribution in [0.25, 0.3) is 0 Å². The molecule has 0 saturated carbocycles. The number of rotatable bonds is 7. The number of carbonyl (C=O) groups excluding carboxylic acids is 1. The molecule has 1 rings (SSSR count). The normalized spacial score (nSPS) is 11.9. The molecule has 110 valence electrons. The smallest absolute Gasteiger partial charge is 0.341 e. The first-order valence-corrected chi connectivity index (χ1v) is 6.43. The van der Waals surface area contributed by atoms with Crippen molar-refractivity contribution in [2.45, 2.75) is 32.2 Å². The summed E-state index contributed by atoms with van der Waals surface area (Å²) in [6, 6.07) is 3.22. The van der Waals surface area contributed by atoms with Crippen LogP contribution in [0.1, 0.15) is 35.7 Å². The van der Waals surface area contributed by atoms with Gasteiger partial charge >= 0.3 is 11.9 Å². The molecule has 6 nitrogen and oxygen atoms in total. The van der Waals surface area contributed by atoms with E-state index in [0.717, 1.165) is 12.8 Å². The van der Waals surface area contributed by atoms with Crippen molar-refractivity contribution in [3.8, 4) is 5.75 Å². The molecule has 0 aromatic heterocycles. The van der Waals surface area contributed by atoms with Gasteiger partial charge in [-0.25, -0.2) is 4.79 Å². The molecule has 0 amide bonds. The lowest BCUT2D eigenvalue weighted by Crippen LogP contribution is -2.32. The number of carboxylic acids is 1. The van der Waals surface area contributed by atoms with Crippen LogP contribution in [0, 0.1) is 0 Å². The maximum atomic E-state index is 11.8. The van der Waals surface area contributed by atoms with Crippen molar-refractivity contribution >= 4 is 11.9 Å². The topological polar surface area (TPSA) is 110 Å². The van der Waals surface area contributed by atoms with Gasteiger partial charge in [-0.15, -0.1) is 0 Å². The number of carbonyl (C=O) groups is 2. The van der Waals surface area contributed by atoms with Crippen molar-refractivity contribution in [2.24, 2.45) is 5.73 Å². The highest BCUT2D eigenvalue weighted by molar-refractivity contribution is 5.92. The SMILES string of the molecule is CCCCOC(=O)c1cc(C[C@H](N)C(=O)O)ccc1O. The second kappa shape index (κ2) is 7.49. The zero-order valence-corrected chi connectivity index (χ0v) is 11.3. The summed E-state index contributed by atoms with van der Waals surface area (Å²) < 4.78 is 5.01.